The van der Waals surface area contributed by atoms with Crippen molar-refractivity contribution in [2.24, 2.45) is 0 Å². The number of sulfonamides is 1. The number of fused-ring (bicyclic) bond motifs is 1. The number of amides is 1. The van der Waals surface area contributed by atoms with Crippen molar-refractivity contribution in [3.05, 3.63) is 52.6 Å². The van der Waals surface area contributed by atoms with Gasteiger partial charge >= 0.3 is 0 Å². The fourth-order valence-corrected chi connectivity index (χ4v) is 4.91. The van der Waals surface area contributed by atoms with Crippen LogP contribution >= 0.6 is 0 Å². The number of rotatable bonds is 6. The summed E-state index contributed by atoms with van der Waals surface area (Å²) in [5, 5.41) is 3.00. The molecule has 0 saturated carbocycles. The molecule has 0 aromatic heterocycles. The van der Waals surface area contributed by atoms with E-state index in [-0.39, 0.29) is 24.4 Å². The van der Waals surface area contributed by atoms with Crippen LogP contribution in [0, 0.1) is 13.8 Å². The number of nitrogens with zero attached hydrogens (tertiary/aromatic N) is 1. The van der Waals surface area contributed by atoms with E-state index in [4.69, 9.17) is 9.47 Å². The lowest BCUT2D eigenvalue weighted by molar-refractivity contribution is -0.128. The number of hydrogen-bond acceptors (Lipinski definition) is 5. The smallest absolute Gasteiger partial charge is 0.263 e. The number of carbonyl (C=O) groups is 1. The van der Waals surface area contributed by atoms with E-state index in [0.29, 0.717) is 11.4 Å². The molecule has 2 aromatic rings. The van der Waals surface area contributed by atoms with Crippen LogP contribution in [0.4, 0.5) is 5.69 Å². The number of carbonyl (C=O) groups excluding carboxylic acids is 1. The van der Waals surface area contributed by atoms with Crippen LogP contribution in [0.25, 0.3) is 0 Å². The summed E-state index contributed by atoms with van der Waals surface area (Å²) in [5.41, 5.74) is 4.41. The van der Waals surface area contributed by atoms with Gasteiger partial charge in [0.1, 0.15) is 11.5 Å². The summed E-state index contributed by atoms with van der Waals surface area (Å²) in [6, 6.07) is 9.03. The molecule has 1 heterocycles. The van der Waals surface area contributed by atoms with Crippen molar-refractivity contribution in [1.82, 2.24) is 5.32 Å². The van der Waals surface area contributed by atoms with E-state index in [0.717, 1.165) is 34.3 Å². The number of methoxy groups -OCH3 is 1. The number of aryl methyl sites for hydroxylation is 2. The largest absolute Gasteiger partial charge is 0.496 e. The van der Waals surface area contributed by atoms with Gasteiger partial charge in [0, 0.05) is 0 Å². The second-order valence-corrected chi connectivity index (χ2v) is 10.6. The Kier molecular flexibility index (Phi) is 6.74. The summed E-state index contributed by atoms with van der Waals surface area (Å²) < 4.78 is 37.5. The molecule has 0 bridgehead atoms. The van der Waals surface area contributed by atoms with Crippen molar-refractivity contribution in [2.75, 3.05) is 24.2 Å². The summed E-state index contributed by atoms with van der Waals surface area (Å²) in [4.78, 5) is 13.1. The van der Waals surface area contributed by atoms with E-state index in [1.807, 2.05) is 32.9 Å². The molecule has 1 amide bonds. The molecule has 0 aliphatic carbocycles. The minimum atomic E-state index is -3.57. The number of anilines is 1. The molecule has 0 saturated heterocycles. The fourth-order valence-electron chi connectivity index (χ4n) is 4.01. The second kappa shape index (κ2) is 9.02. The van der Waals surface area contributed by atoms with Gasteiger partial charge < -0.3 is 14.8 Å². The van der Waals surface area contributed by atoms with Gasteiger partial charge in [-0.25, -0.2) is 8.42 Å². The Bertz CT molecular complexity index is 1130. The summed E-state index contributed by atoms with van der Waals surface area (Å²) >= 11 is 0. The maximum absolute atomic E-state index is 13.1. The average Bonchev–Trinajstić information content (AvgIpc) is 2.71. The molecule has 0 unspecified atom stereocenters. The Morgan fingerprint density at radius 3 is 2.44 bits per heavy atom. The minimum absolute atomic E-state index is 0.0767. The molecule has 0 spiro atoms. The first-order chi connectivity index (χ1) is 14.9. The van der Waals surface area contributed by atoms with Gasteiger partial charge in [0.05, 0.1) is 31.6 Å². The van der Waals surface area contributed by atoms with Gasteiger partial charge in [-0.15, -0.1) is 0 Å². The minimum Gasteiger partial charge on any atom is -0.496 e. The van der Waals surface area contributed by atoms with E-state index in [1.54, 1.807) is 19.2 Å². The SMILES string of the molecule is COc1cc(C)c([C@H](C)NC(=O)[C@H]2CN(S(C)(=O)=O)c3cc(C)ccc3O2)cc1C(C)C. The highest BCUT2D eigenvalue weighted by atomic mass is 32.2. The van der Waals surface area contributed by atoms with E-state index in [2.05, 4.69) is 25.2 Å². The molecule has 2 aromatic carbocycles. The molecule has 32 heavy (non-hydrogen) atoms. The predicted molar refractivity (Wildman–Crippen MR) is 126 cm³/mol. The molecule has 3 rings (SSSR count). The van der Waals surface area contributed by atoms with Gasteiger partial charge in [-0.3, -0.25) is 9.10 Å². The zero-order chi connectivity index (χ0) is 23.8. The Morgan fingerprint density at radius 2 is 1.84 bits per heavy atom. The highest BCUT2D eigenvalue weighted by molar-refractivity contribution is 7.92. The Hall–Kier alpha value is -2.74. The van der Waals surface area contributed by atoms with Crippen molar-refractivity contribution < 1.29 is 22.7 Å². The summed E-state index contributed by atoms with van der Waals surface area (Å²) in [6.07, 6.45) is 0.182. The maximum Gasteiger partial charge on any atom is 0.263 e. The molecular weight excluding hydrogens is 428 g/mol. The third-order valence-electron chi connectivity index (χ3n) is 5.74. The highest BCUT2D eigenvalue weighted by Gasteiger charge is 2.35. The molecule has 174 valence electrons. The van der Waals surface area contributed by atoms with E-state index in [9.17, 15) is 13.2 Å². The standard InChI is InChI=1S/C24H32N2O5S/c1-14(2)18-12-19(16(4)11-22(18)30-6)17(5)25-24(27)23-13-26(32(7,28)29)20-10-15(3)8-9-21(20)31-23/h8-12,14,17,23H,13H2,1-7H3,(H,25,27)/t17-,23+/m0/s1. The molecule has 8 heteroatoms. The molecule has 1 aliphatic rings. The van der Waals surface area contributed by atoms with E-state index >= 15 is 0 Å². The van der Waals surface area contributed by atoms with Gasteiger partial charge in [0.25, 0.3) is 5.91 Å². The zero-order valence-electron chi connectivity index (χ0n) is 19.7. The number of benzene rings is 2. The van der Waals surface area contributed by atoms with Crippen molar-refractivity contribution in [1.29, 1.82) is 0 Å². The van der Waals surface area contributed by atoms with Crippen molar-refractivity contribution in [2.45, 2.75) is 52.7 Å². The Labute approximate surface area is 190 Å². The highest BCUT2D eigenvalue weighted by Crippen LogP contribution is 2.36. The lowest BCUT2D eigenvalue weighted by Gasteiger charge is -2.34. The van der Waals surface area contributed by atoms with E-state index in [1.165, 1.54) is 4.31 Å². The van der Waals surface area contributed by atoms with Crippen LogP contribution in [-0.4, -0.2) is 40.3 Å². The van der Waals surface area contributed by atoms with Crippen LogP contribution in [0.2, 0.25) is 0 Å². The molecular formula is C24H32N2O5S. The molecule has 1 N–H and O–H groups in total. The van der Waals surface area contributed by atoms with Gasteiger partial charge in [-0.2, -0.15) is 0 Å². The van der Waals surface area contributed by atoms with Gasteiger partial charge in [0.2, 0.25) is 10.0 Å². The van der Waals surface area contributed by atoms with E-state index < -0.39 is 16.1 Å². The summed E-state index contributed by atoms with van der Waals surface area (Å²) in [5.74, 6) is 1.10. The van der Waals surface area contributed by atoms with Gasteiger partial charge in [-0.1, -0.05) is 19.9 Å². The first-order valence-electron chi connectivity index (χ1n) is 10.7. The monoisotopic (exact) mass is 460 g/mol. The second-order valence-electron chi connectivity index (χ2n) is 8.71. The summed E-state index contributed by atoms with van der Waals surface area (Å²) in [7, 11) is -1.92. The Balaban J connectivity index is 1.86. The van der Waals surface area contributed by atoms with Crippen LogP contribution in [0.5, 0.6) is 11.5 Å². The molecule has 7 nitrogen and oxygen atoms in total. The lowest BCUT2D eigenvalue weighted by Crippen LogP contribution is -2.50. The Morgan fingerprint density at radius 1 is 1.16 bits per heavy atom. The van der Waals surface area contributed by atoms with Crippen molar-refractivity contribution >= 4 is 21.6 Å². The number of nitrogens with one attached hydrogen (secondary N) is 1. The third-order valence-corrected chi connectivity index (χ3v) is 6.89. The van der Waals surface area contributed by atoms with Gasteiger partial charge in [-0.05, 0) is 73.2 Å². The average molecular weight is 461 g/mol. The van der Waals surface area contributed by atoms with Crippen LogP contribution in [-0.2, 0) is 14.8 Å². The topological polar surface area (TPSA) is 84.9 Å². The number of hydrogen-bond donors (Lipinski definition) is 1. The lowest BCUT2D eigenvalue weighted by atomic mass is 9.93. The van der Waals surface area contributed by atoms with Crippen molar-refractivity contribution in [3.8, 4) is 11.5 Å². The van der Waals surface area contributed by atoms with Crippen molar-refractivity contribution in [3.63, 3.8) is 0 Å². The van der Waals surface area contributed by atoms with Crippen LogP contribution in [0.3, 0.4) is 0 Å². The summed E-state index contributed by atoms with van der Waals surface area (Å²) in [6.45, 7) is 9.87. The third kappa shape index (κ3) is 4.85. The predicted octanol–water partition coefficient (Wildman–Crippen LogP) is 3.84. The molecule has 1 aliphatic heterocycles. The first-order valence-corrected chi connectivity index (χ1v) is 12.5. The van der Waals surface area contributed by atoms with Crippen LogP contribution < -0.4 is 19.1 Å². The maximum atomic E-state index is 13.1. The van der Waals surface area contributed by atoms with Crippen LogP contribution in [0.1, 0.15) is 55.0 Å². The molecule has 2 atom stereocenters. The van der Waals surface area contributed by atoms with Crippen LogP contribution in [0.15, 0.2) is 30.3 Å². The molecule has 0 radical (unpaired) electrons. The first kappa shape index (κ1) is 23.9. The quantitative estimate of drug-likeness (QED) is 0.708. The molecule has 0 fully saturated rings. The number of ether oxygens (including phenoxy) is 2. The van der Waals surface area contributed by atoms with Gasteiger partial charge in [0.15, 0.2) is 6.10 Å². The zero-order valence-corrected chi connectivity index (χ0v) is 20.5. The normalized spacial score (nSPS) is 16.9. The fraction of sp³-hybridized carbons (Fsp3) is 0.458.